The van der Waals surface area contributed by atoms with Gasteiger partial charge in [0, 0.05) is 20.0 Å². The average molecular weight is 342 g/mol. The zero-order valence-electron chi connectivity index (χ0n) is 15.8. The van der Waals surface area contributed by atoms with E-state index in [0.29, 0.717) is 18.9 Å². The van der Waals surface area contributed by atoms with Crippen LogP contribution in [0.1, 0.15) is 39.2 Å². The summed E-state index contributed by atoms with van der Waals surface area (Å²) in [5.74, 6) is 0.339. The van der Waals surface area contributed by atoms with Crippen molar-refractivity contribution in [3.63, 3.8) is 0 Å². The molecule has 136 valence electrons. The first-order chi connectivity index (χ1) is 11.8. The van der Waals surface area contributed by atoms with E-state index in [4.69, 9.17) is 0 Å². The highest BCUT2D eigenvalue weighted by Crippen LogP contribution is 2.44. The van der Waals surface area contributed by atoms with E-state index in [1.165, 1.54) is 0 Å². The first kappa shape index (κ1) is 19.2. The van der Waals surface area contributed by atoms with Gasteiger partial charge >= 0.3 is 0 Å². The molecule has 2 unspecified atom stereocenters. The number of rotatable bonds is 7. The second-order valence-corrected chi connectivity index (χ2v) is 7.53. The van der Waals surface area contributed by atoms with Crippen LogP contribution in [0.25, 0.3) is 0 Å². The number of amides is 2. The average Bonchev–Trinajstić information content (AvgIpc) is 2.90. The van der Waals surface area contributed by atoms with Gasteiger partial charge in [-0.2, -0.15) is 0 Å². The zero-order valence-corrected chi connectivity index (χ0v) is 15.8. The summed E-state index contributed by atoms with van der Waals surface area (Å²) in [5.41, 5.74) is 1.43. The Morgan fingerprint density at radius 1 is 1.32 bits per heavy atom. The fourth-order valence-corrected chi connectivity index (χ4v) is 3.90. The van der Waals surface area contributed by atoms with Crippen molar-refractivity contribution < 1.29 is 9.59 Å². The highest BCUT2D eigenvalue weighted by molar-refractivity contribution is 5.93. The molecule has 1 saturated heterocycles. The van der Waals surface area contributed by atoms with Gasteiger partial charge in [0.1, 0.15) is 6.04 Å². The van der Waals surface area contributed by atoms with E-state index in [0.717, 1.165) is 24.0 Å². The number of nitrogens with zero attached hydrogens (tertiary/aromatic N) is 1. The molecule has 0 saturated carbocycles. The lowest BCUT2D eigenvalue weighted by Gasteiger charge is -2.32. The van der Waals surface area contributed by atoms with Crippen LogP contribution in [0, 0.1) is 11.3 Å². The molecule has 2 atom stereocenters. The standard InChI is InChI=1S/C21H30N2O2/c1-15(2)14-21(16(3)4)11-12-23(20(21)25)18(19(24)22-5)13-17-9-7-6-8-10-17/h6-10,15,18H,3,11-14H2,1-2,4-5H3,(H,22,24). The van der Waals surface area contributed by atoms with Gasteiger partial charge in [0.05, 0.1) is 5.41 Å². The highest BCUT2D eigenvalue weighted by Gasteiger charge is 2.50. The molecular weight excluding hydrogens is 312 g/mol. The van der Waals surface area contributed by atoms with Gasteiger partial charge in [-0.1, -0.05) is 56.3 Å². The van der Waals surface area contributed by atoms with Gasteiger partial charge in [0.2, 0.25) is 11.8 Å². The minimum atomic E-state index is -0.531. The maximum atomic E-state index is 13.3. The molecule has 1 aliphatic rings. The quantitative estimate of drug-likeness (QED) is 0.774. The van der Waals surface area contributed by atoms with Crippen LogP contribution in [-0.4, -0.2) is 36.3 Å². The fourth-order valence-electron chi connectivity index (χ4n) is 3.90. The van der Waals surface area contributed by atoms with Gasteiger partial charge < -0.3 is 10.2 Å². The predicted molar refractivity (Wildman–Crippen MR) is 101 cm³/mol. The molecule has 1 aromatic rings. The van der Waals surface area contributed by atoms with E-state index in [1.54, 1.807) is 11.9 Å². The van der Waals surface area contributed by atoms with Crippen molar-refractivity contribution >= 4 is 11.8 Å². The topological polar surface area (TPSA) is 49.4 Å². The summed E-state index contributed by atoms with van der Waals surface area (Å²) in [7, 11) is 1.63. The number of nitrogens with one attached hydrogen (secondary N) is 1. The first-order valence-corrected chi connectivity index (χ1v) is 9.04. The number of carbonyl (C=O) groups is 2. The summed E-state index contributed by atoms with van der Waals surface area (Å²) < 4.78 is 0. The lowest BCUT2D eigenvalue weighted by atomic mass is 9.74. The third kappa shape index (κ3) is 3.94. The molecule has 0 spiro atoms. The van der Waals surface area contributed by atoms with Crippen LogP contribution < -0.4 is 5.32 Å². The second kappa shape index (κ2) is 7.85. The van der Waals surface area contributed by atoms with Crippen LogP contribution in [-0.2, 0) is 16.0 Å². The summed E-state index contributed by atoms with van der Waals surface area (Å²) in [6.45, 7) is 10.9. The van der Waals surface area contributed by atoms with Crippen molar-refractivity contribution in [2.24, 2.45) is 11.3 Å². The fraction of sp³-hybridized carbons (Fsp3) is 0.524. The number of hydrogen-bond donors (Lipinski definition) is 1. The number of likely N-dealkylation sites (tertiary alicyclic amines) is 1. The smallest absolute Gasteiger partial charge is 0.242 e. The molecule has 0 radical (unpaired) electrons. The normalized spacial score (nSPS) is 21.5. The molecule has 1 heterocycles. The van der Waals surface area contributed by atoms with Gasteiger partial charge in [-0.25, -0.2) is 0 Å². The summed E-state index contributed by atoms with van der Waals surface area (Å²) in [6.07, 6.45) is 2.05. The van der Waals surface area contributed by atoms with Crippen molar-refractivity contribution in [2.45, 2.75) is 46.1 Å². The molecule has 4 heteroatoms. The largest absolute Gasteiger partial charge is 0.357 e. The first-order valence-electron chi connectivity index (χ1n) is 9.04. The van der Waals surface area contributed by atoms with E-state index < -0.39 is 11.5 Å². The summed E-state index contributed by atoms with van der Waals surface area (Å²) in [4.78, 5) is 27.6. The number of likely N-dealkylation sites (N-methyl/N-ethyl adjacent to an activating group) is 1. The van der Waals surface area contributed by atoms with Crippen LogP contribution in [0.4, 0.5) is 0 Å². The van der Waals surface area contributed by atoms with E-state index in [2.05, 4.69) is 25.7 Å². The molecular formula is C21H30N2O2. The van der Waals surface area contributed by atoms with Crippen molar-refractivity contribution in [2.75, 3.05) is 13.6 Å². The van der Waals surface area contributed by atoms with Crippen molar-refractivity contribution in [1.29, 1.82) is 0 Å². The van der Waals surface area contributed by atoms with Gasteiger partial charge in [-0.05, 0) is 31.2 Å². The molecule has 4 nitrogen and oxygen atoms in total. The van der Waals surface area contributed by atoms with Crippen molar-refractivity contribution in [3.05, 3.63) is 48.0 Å². The van der Waals surface area contributed by atoms with E-state index in [9.17, 15) is 9.59 Å². The Balaban J connectivity index is 2.31. The minimum Gasteiger partial charge on any atom is -0.357 e. The van der Waals surface area contributed by atoms with Gasteiger partial charge in [0.25, 0.3) is 0 Å². The summed E-state index contributed by atoms with van der Waals surface area (Å²) >= 11 is 0. The maximum Gasteiger partial charge on any atom is 0.242 e. The van der Waals surface area contributed by atoms with Crippen LogP contribution in [0.15, 0.2) is 42.5 Å². The molecule has 1 N–H and O–H groups in total. The van der Waals surface area contributed by atoms with E-state index in [1.807, 2.05) is 37.3 Å². The Labute approximate surface area is 151 Å². The lowest BCUT2D eigenvalue weighted by molar-refractivity contribution is -0.142. The Morgan fingerprint density at radius 3 is 2.48 bits per heavy atom. The molecule has 1 aliphatic heterocycles. The van der Waals surface area contributed by atoms with Crippen LogP contribution in [0.3, 0.4) is 0 Å². The van der Waals surface area contributed by atoms with Crippen molar-refractivity contribution in [3.8, 4) is 0 Å². The summed E-state index contributed by atoms with van der Waals surface area (Å²) in [5, 5.41) is 2.72. The van der Waals surface area contributed by atoms with Crippen LogP contribution in [0.2, 0.25) is 0 Å². The molecule has 1 aromatic carbocycles. The monoisotopic (exact) mass is 342 g/mol. The Bertz CT molecular complexity index is 639. The van der Waals surface area contributed by atoms with Gasteiger partial charge in [0.15, 0.2) is 0 Å². The predicted octanol–water partition coefficient (Wildman–Crippen LogP) is 3.18. The SMILES string of the molecule is C=C(C)C1(CC(C)C)CCN(C(Cc2ccccc2)C(=O)NC)C1=O. The lowest BCUT2D eigenvalue weighted by Crippen LogP contribution is -2.50. The van der Waals surface area contributed by atoms with Gasteiger partial charge in [-0.15, -0.1) is 0 Å². The highest BCUT2D eigenvalue weighted by atomic mass is 16.2. The van der Waals surface area contributed by atoms with Gasteiger partial charge in [-0.3, -0.25) is 9.59 Å². The molecule has 0 bridgehead atoms. The van der Waals surface area contributed by atoms with Crippen LogP contribution >= 0.6 is 0 Å². The third-order valence-corrected chi connectivity index (χ3v) is 5.22. The zero-order chi connectivity index (χ0) is 18.6. The van der Waals surface area contributed by atoms with Crippen molar-refractivity contribution in [1.82, 2.24) is 10.2 Å². The van der Waals surface area contributed by atoms with Crippen LogP contribution in [0.5, 0.6) is 0 Å². The molecule has 25 heavy (non-hydrogen) atoms. The Kier molecular flexibility index (Phi) is 6.04. The molecule has 2 amide bonds. The molecule has 1 fully saturated rings. The Hall–Kier alpha value is -2.10. The number of hydrogen-bond acceptors (Lipinski definition) is 2. The maximum absolute atomic E-state index is 13.3. The van der Waals surface area contributed by atoms with E-state index in [-0.39, 0.29) is 11.8 Å². The number of carbonyl (C=O) groups excluding carboxylic acids is 2. The minimum absolute atomic E-state index is 0.0539. The van der Waals surface area contributed by atoms with E-state index >= 15 is 0 Å². The third-order valence-electron chi connectivity index (χ3n) is 5.22. The molecule has 0 aromatic heterocycles. The second-order valence-electron chi connectivity index (χ2n) is 7.53. The molecule has 0 aliphatic carbocycles. The summed E-state index contributed by atoms with van der Waals surface area (Å²) in [6, 6.07) is 9.38. The molecule has 2 rings (SSSR count). The Morgan fingerprint density at radius 2 is 1.96 bits per heavy atom. The number of benzene rings is 1.